The Kier molecular flexibility index (Phi) is 5.93. The summed E-state index contributed by atoms with van der Waals surface area (Å²) in [5.41, 5.74) is 0. The largest absolute Gasteiger partial charge is 0.350 e. The van der Waals surface area contributed by atoms with Crippen molar-refractivity contribution in [2.75, 3.05) is 13.7 Å². The van der Waals surface area contributed by atoms with E-state index in [-0.39, 0.29) is 6.29 Å². The van der Waals surface area contributed by atoms with Gasteiger partial charge in [-0.1, -0.05) is 6.92 Å². The van der Waals surface area contributed by atoms with Crippen LogP contribution in [-0.4, -0.2) is 20.0 Å². The van der Waals surface area contributed by atoms with E-state index in [1.807, 2.05) is 13.8 Å². The van der Waals surface area contributed by atoms with Crippen LogP contribution < -0.4 is 0 Å². The van der Waals surface area contributed by atoms with Crippen molar-refractivity contribution in [2.24, 2.45) is 0 Å². The van der Waals surface area contributed by atoms with E-state index in [9.17, 15) is 0 Å². The zero-order valence-corrected chi connectivity index (χ0v) is 6.22. The first-order valence-corrected chi connectivity index (χ1v) is 3.16. The maximum atomic E-state index is 5.08. The highest BCUT2D eigenvalue weighted by atomic mass is 17.2. The number of rotatable bonds is 5. The van der Waals surface area contributed by atoms with Crippen molar-refractivity contribution in [3.63, 3.8) is 0 Å². The Morgan fingerprint density at radius 1 is 1.33 bits per heavy atom. The molecule has 9 heavy (non-hydrogen) atoms. The van der Waals surface area contributed by atoms with Gasteiger partial charge in [0, 0.05) is 6.61 Å². The van der Waals surface area contributed by atoms with Gasteiger partial charge >= 0.3 is 0 Å². The average molecular weight is 134 g/mol. The van der Waals surface area contributed by atoms with Crippen LogP contribution in [0.25, 0.3) is 0 Å². The first kappa shape index (κ1) is 8.88. The first-order valence-electron chi connectivity index (χ1n) is 3.16. The normalized spacial score (nSPS) is 13.7. The Hall–Kier alpha value is -0.120. The van der Waals surface area contributed by atoms with Gasteiger partial charge in [-0.05, 0) is 13.3 Å². The van der Waals surface area contributed by atoms with Gasteiger partial charge in [0.15, 0.2) is 6.29 Å². The minimum Gasteiger partial charge on any atom is -0.350 e. The third-order valence-electron chi connectivity index (χ3n) is 0.889. The molecular formula is C6H14O3. The molecule has 0 saturated heterocycles. The molecule has 0 spiro atoms. The molecule has 1 atom stereocenters. The fourth-order valence-corrected chi connectivity index (χ4v) is 0.507. The van der Waals surface area contributed by atoms with Crippen LogP contribution in [-0.2, 0) is 14.5 Å². The molecule has 0 bridgehead atoms. The molecule has 0 aliphatic heterocycles. The molecule has 0 aliphatic rings. The van der Waals surface area contributed by atoms with E-state index >= 15 is 0 Å². The fraction of sp³-hybridized carbons (Fsp3) is 1.00. The minimum atomic E-state index is -0.208. The van der Waals surface area contributed by atoms with Crippen LogP contribution in [0.3, 0.4) is 0 Å². The van der Waals surface area contributed by atoms with Crippen LogP contribution in [0.15, 0.2) is 0 Å². The highest BCUT2D eigenvalue weighted by Crippen LogP contribution is 1.98. The van der Waals surface area contributed by atoms with E-state index in [2.05, 4.69) is 4.89 Å². The molecule has 3 heteroatoms. The molecule has 0 aromatic carbocycles. The van der Waals surface area contributed by atoms with E-state index in [0.29, 0.717) is 6.61 Å². The molecule has 0 saturated carbocycles. The summed E-state index contributed by atoms with van der Waals surface area (Å²) in [4.78, 5) is 9.13. The van der Waals surface area contributed by atoms with Gasteiger partial charge in [0.1, 0.15) is 0 Å². The predicted molar refractivity (Wildman–Crippen MR) is 33.8 cm³/mol. The van der Waals surface area contributed by atoms with Crippen LogP contribution in [0.4, 0.5) is 0 Å². The topological polar surface area (TPSA) is 27.7 Å². The summed E-state index contributed by atoms with van der Waals surface area (Å²) in [6.45, 7) is 4.54. The second kappa shape index (κ2) is 6.01. The number of hydrogen-bond acceptors (Lipinski definition) is 3. The van der Waals surface area contributed by atoms with E-state index in [1.54, 1.807) is 0 Å². The summed E-state index contributed by atoms with van der Waals surface area (Å²) in [5.74, 6) is 0. The van der Waals surface area contributed by atoms with E-state index < -0.39 is 0 Å². The Bertz CT molecular complexity index is 50.3. The van der Waals surface area contributed by atoms with Gasteiger partial charge in [0.05, 0.1) is 7.11 Å². The Labute approximate surface area is 55.8 Å². The van der Waals surface area contributed by atoms with Crippen LogP contribution in [0.1, 0.15) is 20.3 Å². The molecule has 0 heterocycles. The SMILES string of the molecule is CCOC(CC)OOC. The molecule has 0 radical (unpaired) electrons. The van der Waals surface area contributed by atoms with Crippen LogP contribution >= 0.6 is 0 Å². The Morgan fingerprint density at radius 2 is 2.00 bits per heavy atom. The van der Waals surface area contributed by atoms with Crippen molar-refractivity contribution in [3.8, 4) is 0 Å². The highest BCUT2D eigenvalue weighted by molar-refractivity contribution is 4.32. The first-order chi connectivity index (χ1) is 4.35. The van der Waals surface area contributed by atoms with Gasteiger partial charge in [0.25, 0.3) is 0 Å². The molecule has 0 N–H and O–H groups in total. The molecule has 56 valence electrons. The van der Waals surface area contributed by atoms with Crippen molar-refractivity contribution in [1.82, 2.24) is 0 Å². The molecule has 1 unspecified atom stereocenters. The third kappa shape index (κ3) is 4.39. The maximum Gasteiger partial charge on any atom is 0.190 e. The predicted octanol–water partition coefficient (Wildman–Crippen LogP) is 1.34. The van der Waals surface area contributed by atoms with Crippen LogP contribution in [0.2, 0.25) is 0 Å². The van der Waals surface area contributed by atoms with Crippen molar-refractivity contribution < 1.29 is 14.5 Å². The van der Waals surface area contributed by atoms with Gasteiger partial charge in [-0.3, -0.25) is 0 Å². The number of hydrogen-bond donors (Lipinski definition) is 0. The zero-order valence-electron chi connectivity index (χ0n) is 6.22. The lowest BCUT2D eigenvalue weighted by molar-refractivity contribution is -0.363. The Morgan fingerprint density at radius 3 is 2.33 bits per heavy atom. The van der Waals surface area contributed by atoms with Crippen LogP contribution in [0.5, 0.6) is 0 Å². The second-order valence-corrected chi connectivity index (χ2v) is 1.56. The molecule has 0 amide bonds. The van der Waals surface area contributed by atoms with Crippen molar-refractivity contribution in [1.29, 1.82) is 0 Å². The van der Waals surface area contributed by atoms with E-state index in [4.69, 9.17) is 9.62 Å². The minimum absolute atomic E-state index is 0.208. The van der Waals surface area contributed by atoms with Crippen molar-refractivity contribution >= 4 is 0 Å². The number of ether oxygens (including phenoxy) is 1. The lowest BCUT2D eigenvalue weighted by Crippen LogP contribution is -2.15. The molecule has 0 aliphatic carbocycles. The van der Waals surface area contributed by atoms with Gasteiger partial charge in [-0.2, -0.15) is 0 Å². The van der Waals surface area contributed by atoms with Crippen molar-refractivity contribution in [2.45, 2.75) is 26.6 Å². The molecular weight excluding hydrogens is 120 g/mol. The van der Waals surface area contributed by atoms with Crippen LogP contribution in [0, 0.1) is 0 Å². The van der Waals surface area contributed by atoms with E-state index in [1.165, 1.54) is 7.11 Å². The standard InChI is InChI=1S/C6H14O3/c1-4-6(8-5-2)9-7-3/h6H,4-5H2,1-3H3. The summed E-state index contributed by atoms with van der Waals surface area (Å²) < 4.78 is 5.08. The highest BCUT2D eigenvalue weighted by Gasteiger charge is 2.03. The molecule has 0 aromatic rings. The van der Waals surface area contributed by atoms with Gasteiger partial charge in [-0.25, -0.2) is 9.78 Å². The third-order valence-corrected chi connectivity index (χ3v) is 0.889. The fourth-order valence-electron chi connectivity index (χ4n) is 0.507. The Balaban J connectivity index is 3.18. The molecule has 0 aromatic heterocycles. The molecule has 3 nitrogen and oxygen atoms in total. The summed E-state index contributed by atoms with van der Waals surface area (Å²) >= 11 is 0. The average Bonchev–Trinajstić information content (AvgIpc) is 1.88. The van der Waals surface area contributed by atoms with Gasteiger partial charge in [0.2, 0.25) is 0 Å². The van der Waals surface area contributed by atoms with Gasteiger partial charge in [-0.15, -0.1) is 0 Å². The quantitative estimate of drug-likeness (QED) is 0.322. The molecule has 0 rings (SSSR count). The van der Waals surface area contributed by atoms with E-state index in [0.717, 1.165) is 6.42 Å². The maximum absolute atomic E-state index is 5.08. The zero-order chi connectivity index (χ0) is 7.11. The molecule has 0 fully saturated rings. The summed E-state index contributed by atoms with van der Waals surface area (Å²) in [5, 5.41) is 0. The lowest BCUT2D eigenvalue weighted by Gasteiger charge is -2.11. The lowest BCUT2D eigenvalue weighted by atomic mass is 10.5. The van der Waals surface area contributed by atoms with Gasteiger partial charge < -0.3 is 4.74 Å². The summed E-state index contributed by atoms with van der Waals surface area (Å²) in [6, 6.07) is 0. The summed E-state index contributed by atoms with van der Waals surface area (Å²) in [6.07, 6.45) is 0.599. The van der Waals surface area contributed by atoms with Crippen molar-refractivity contribution in [3.05, 3.63) is 0 Å². The summed E-state index contributed by atoms with van der Waals surface area (Å²) in [7, 11) is 1.47. The monoisotopic (exact) mass is 134 g/mol. The smallest absolute Gasteiger partial charge is 0.190 e. The second-order valence-electron chi connectivity index (χ2n) is 1.56.